The largest absolute Gasteiger partial charge is 0.454 e. The fourth-order valence-corrected chi connectivity index (χ4v) is 4.20. The van der Waals surface area contributed by atoms with Gasteiger partial charge in [0, 0.05) is 47.2 Å². The number of aromatic amines is 1. The van der Waals surface area contributed by atoms with E-state index in [-0.39, 0.29) is 26.9 Å². The Kier molecular flexibility index (Phi) is 4.29. The zero-order chi connectivity index (χ0) is 19.3. The van der Waals surface area contributed by atoms with Crippen molar-refractivity contribution in [2.45, 2.75) is 25.8 Å². The number of nitrogens with one attached hydrogen (secondary N) is 2. The molecule has 4 rings (SSSR count). The van der Waals surface area contributed by atoms with Gasteiger partial charge in [-0.3, -0.25) is 10.1 Å². The number of nitro groups is 1. The van der Waals surface area contributed by atoms with Gasteiger partial charge in [-0.1, -0.05) is 37.0 Å². The molecule has 0 atom stereocenters. The lowest BCUT2D eigenvalue weighted by Crippen LogP contribution is -2.38. The lowest BCUT2D eigenvalue weighted by Gasteiger charge is -2.31. The van der Waals surface area contributed by atoms with Crippen molar-refractivity contribution in [3.8, 4) is 11.5 Å². The highest BCUT2D eigenvalue weighted by Gasteiger charge is 2.31. The maximum atomic E-state index is 10.9. The minimum Gasteiger partial charge on any atom is -0.454 e. The highest BCUT2D eigenvalue weighted by molar-refractivity contribution is 6.37. The lowest BCUT2D eigenvalue weighted by atomic mass is 9.80. The molecular formula is C19H17Cl2N3O3. The monoisotopic (exact) mass is 405 g/mol. The van der Waals surface area contributed by atoms with E-state index in [2.05, 4.69) is 24.1 Å². The zero-order valence-electron chi connectivity index (χ0n) is 14.7. The molecule has 2 heterocycles. The molecule has 2 N–H and O–H groups in total. The number of nitrogens with zero attached hydrogens (tertiary/aromatic N) is 1. The number of nitro benzene ring substituents is 1. The first kappa shape index (κ1) is 18.1. The number of rotatable bonds is 3. The highest BCUT2D eigenvalue weighted by atomic mass is 35.5. The molecule has 0 aliphatic carbocycles. The second-order valence-corrected chi connectivity index (χ2v) is 8.09. The molecule has 1 aliphatic heterocycles. The Labute approximate surface area is 165 Å². The standard InChI is InChI=1S/C19H17Cl2N3O3/c1-19(2)9-22-8-16-17(19)12-7-11(3-4-15(12)23-16)27-18-13(20)5-10(24(25)26)6-14(18)21/h3-7,22-23H,8-9H2,1-2H3. The van der Waals surface area contributed by atoms with Crippen molar-refractivity contribution >= 4 is 39.8 Å². The van der Waals surface area contributed by atoms with Crippen LogP contribution in [0.15, 0.2) is 30.3 Å². The van der Waals surface area contributed by atoms with E-state index >= 15 is 0 Å². The third kappa shape index (κ3) is 3.14. The second kappa shape index (κ2) is 6.41. The van der Waals surface area contributed by atoms with Crippen LogP contribution in [-0.2, 0) is 12.0 Å². The smallest absolute Gasteiger partial charge is 0.272 e. The Morgan fingerprint density at radius 1 is 1.19 bits per heavy atom. The number of fused-ring (bicyclic) bond motifs is 3. The minimum absolute atomic E-state index is 0.0207. The number of hydrogen-bond acceptors (Lipinski definition) is 4. The molecule has 1 aliphatic rings. The van der Waals surface area contributed by atoms with Gasteiger partial charge in [0.25, 0.3) is 5.69 Å². The lowest BCUT2D eigenvalue weighted by molar-refractivity contribution is -0.384. The molecule has 140 valence electrons. The number of ether oxygens (including phenoxy) is 1. The quantitative estimate of drug-likeness (QED) is 0.441. The Morgan fingerprint density at radius 3 is 2.56 bits per heavy atom. The number of non-ortho nitro benzene ring substituents is 1. The third-order valence-corrected chi connectivity index (χ3v) is 5.37. The minimum atomic E-state index is -0.546. The molecule has 0 unspecified atom stereocenters. The van der Waals surface area contributed by atoms with Crippen LogP contribution < -0.4 is 10.1 Å². The van der Waals surface area contributed by atoms with Gasteiger partial charge in [-0.05, 0) is 23.8 Å². The highest BCUT2D eigenvalue weighted by Crippen LogP contribution is 2.41. The number of benzene rings is 2. The van der Waals surface area contributed by atoms with E-state index < -0.39 is 4.92 Å². The van der Waals surface area contributed by atoms with Crippen molar-refractivity contribution in [1.29, 1.82) is 0 Å². The van der Waals surface area contributed by atoms with Crippen molar-refractivity contribution in [1.82, 2.24) is 10.3 Å². The second-order valence-electron chi connectivity index (χ2n) is 7.27. The van der Waals surface area contributed by atoms with E-state index in [4.69, 9.17) is 27.9 Å². The van der Waals surface area contributed by atoms with Gasteiger partial charge in [-0.25, -0.2) is 0 Å². The first-order chi connectivity index (χ1) is 12.8. The maximum Gasteiger partial charge on any atom is 0.272 e. The van der Waals surface area contributed by atoms with Crippen LogP contribution in [0.5, 0.6) is 11.5 Å². The summed E-state index contributed by atoms with van der Waals surface area (Å²) in [5, 5.41) is 15.6. The van der Waals surface area contributed by atoms with Crippen LogP contribution in [0.25, 0.3) is 10.9 Å². The molecule has 1 aromatic heterocycles. The Morgan fingerprint density at radius 2 is 1.89 bits per heavy atom. The molecule has 0 amide bonds. The summed E-state index contributed by atoms with van der Waals surface area (Å²) in [4.78, 5) is 13.8. The van der Waals surface area contributed by atoms with E-state index in [1.54, 1.807) is 0 Å². The van der Waals surface area contributed by atoms with Crippen molar-refractivity contribution in [3.63, 3.8) is 0 Å². The Hall–Kier alpha value is -2.28. The first-order valence-corrected chi connectivity index (χ1v) is 9.19. The van der Waals surface area contributed by atoms with Gasteiger partial charge in [0.15, 0.2) is 5.75 Å². The van der Waals surface area contributed by atoms with E-state index in [1.807, 2.05) is 18.2 Å². The normalized spacial score (nSPS) is 15.6. The molecule has 0 fully saturated rings. The molecule has 0 radical (unpaired) electrons. The molecule has 0 saturated heterocycles. The van der Waals surface area contributed by atoms with Gasteiger partial charge in [-0.15, -0.1) is 0 Å². The summed E-state index contributed by atoms with van der Waals surface area (Å²) in [6, 6.07) is 8.18. The van der Waals surface area contributed by atoms with E-state index in [0.29, 0.717) is 5.75 Å². The summed E-state index contributed by atoms with van der Waals surface area (Å²) in [6.07, 6.45) is 0. The van der Waals surface area contributed by atoms with Crippen molar-refractivity contribution in [2.75, 3.05) is 6.54 Å². The summed E-state index contributed by atoms with van der Waals surface area (Å²) in [6.45, 7) is 6.08. The fraction of sp³-hybridized carbons (Fsp3) is 0.263. The summed E-state index contributed by atoms with van der Waals surface area (Å²) in [5.74, 6) is 0.768. The Bertz CT molecular complexity index is 1050. The maximum absolute atomic E-state index is 10.9. The van der Waals surface area contributed by atoms with E-state index in [1.165, 1.54) is 23.4 Å². The van der Waals surface area contributed by atoms with Crippen LogP contribution in [0.2, 0.25) is 10.0 Å². The summed E-state index contributed by atoms with van der Waals surface area (Å²) in [5.41, 5.74) is 3.27. The molecule has 0 saturated carbocycles. The van der Waals surface area contributed by atoms with Crippen LogP contribution in [0.1, 0.15) is 25.1 Å². The summed E-state index contributed by atoms with van der Waals surface area (Å²) >= 11 is 12.3. The zero-order valence-corrected chi connectivity index (χ0v) is 16.2. The third-order valence-electron chi connectivity index (χ3n) is 4.81. The number of halogens is 2. The van der Waals surface area contributed by atoms with Gasteiger partial charge in [0.1, 0.15) is 5.75 Å². The van der Waals surface area contributed by atoms with Crippen LogP contribution >= 0.6 is 23.2 Å². The average Bonchev–Trinajstić information content (AvgIpc) is 2.96. The van der Waals surface area contributed by atoms with Crippen LogP contribution in [0.4, 0.5) is 5.69 Å². The summed E-state index contributed by atoms with van der Waals surface area (Å²) < 4.78 is 5.90. The van der Waals surface area contributed by atoms with Crippen molar-refractivity contribution in [3.05, 3.63) is 61.7 Å². The topological polar surface area (TPSA) is 80.2 Å². The Balaban J connectivity index is 1.77. The molecule has 0 bridgehead atoms. The molecule has 6 nitrogen and oxygen atoms in total. The fourth-order valence-electron chi connectivity index (χ4n) is 3.65. The van der Waals surface area contributed by atoms with Gasteiger partial charge < -0.3 is 15.0 Å². The van der Waals surface area contributed by atoms with Gasteiger partial charge in [0.2, 0.25) is 0 Å². The molecular weight excluding hydrogens is 389 g/mol. The molecule has 27 heavy (non-hydrogen) atoms. The number of H-pyrrole nitrogens is 1. The molecule has 8 heteroatoms. The number of aromatic nitrogens is 1. The van der Waals surface area contributed by atoms with E-state index in [0.717, 1.165) is 24.0 Å². The SMILES string of the molecule is CC1(C)CNCc2[nH]c3ccc(Oc4c(Cl)cc([N+](=O)[O-])cc4Cl)cc3c21. The van der Waals surface area contributed by atoms with Crippen molar-refractivity contribution in [2.24, 2.45) is 0 Å². The van der Waals surface area contributed by atoms with Gasteiger partial charge >= 0.3 is 0 Å². The first-order valence-electron chi connectivity index (χ1n) is 8.43. The average molecular weight is 406 g/mol. The van der Waals surface area contributed by atoms with Gasteiger partial charge in [0.05, 0.1) is 15.0 Å². The van der Waals surface area contributed by atoms with Crippen molar-refractivity contribution < 1.29 is 9.66 Å². The molecule has 0 spiro atoms. The van der Waals surface area contributed by atoms with Crippen LogP contribution in [0, 0.1) is 10.1 Å². The predicted octanol–water partition coefficient (Wildman–Crippen LogP) is 5.56. The molecule has 3 aromatic rings. The van der Waals surface area contributed by atoms with Crippen LogP contribution in [-0.4, -0.2) is 16.5 Å². The van der Waals surface area contributed by atoms with E-state index in [9.17, 15) is 10.1 Å². The molecule has 2 aromatic carbocycles. The summed E-state index contributed by atoms with van der Waals surface area (Å²) in [7, 11) is 0. The van der Waals surface area contributed by atoms with Gasteiger partial charge in [-0.2, -0.15) is 0 Å². The van der Waals surface area contributed by atoms with Crippen LogP contribution in [0.3, 0.4) is 0 Å². The number of hydrogen-bond donors (Lipinski definition) is 2. The predicted molar refractivity (Wildman–Crippen MR) is 106 cm³/mol.